The van der Waals surface area contributed by atoms with E-state index < -0.39 is 12.0 Å². The Kier molecular flexibility index (Phi) is 8.50. The number of hydrogen-bond acceptors (Lipinski definition) is 5. The second-order valence-electron chi connectivity index (χ2n) is 11.0. The molecule has 0 unspecified atom stereocenters. The molecular weight excluding hydrogens is 547 g/mol. The van der Waals surface area contributed by atoms with E-state index in [1.807, 2.05) is 38.1 Å². The van der Waals surface area contributed by atoms with Crippen molar-refractivity contribution in [3.8, 4) is 11.5 Å². The number of rotatable bonds is 7. The summed E-state index contributed by atoms with van der Waals surface area (Å²) < 4.78 is 12.9. The molecule has 0 radical (unpaired) electrons. The van der Waals surface area contributed by atoms with Crippen LogP contribution in [-0.2, 0) is 17.8 Å². The van der Waals surface area contributed by atoms with Gasteiger partial charge in [-0.1, -0.05) is 48.3 Å². The molecule has 6 nitrogen and oxygen atoms in total. The van der Waals surface area contributed by atoms with Gasteiger partial charge in [-0.05, 0) is 85.3 Å². The zero-order valence-electron chi connectivity index (χ0n) is 23.4. The Labute approximate surface area is 246 Å². The molecule has 3 atom stereocenters. The summed E-state index contributed by atoms with van der Waals surface area (Å²) in [4.78, 5) is 16.2. The molecule has 0 fully saturated rings. The molecule has 8 heteroatoms. The summed E-state index contributed by atoms with van der Waals surface area (Å²) in [6, 6.07) is 17.6. The van der Waals surface area contributed by atoms with Crippen molar-refractivity contribution >= 4 is 34.9 Å². The molecule has 0 aromatic heterocycles. The van der Waals surface area contributed by atoms with Crippen molar-refractivity contribution in [2.75, 3.05) is 18.5 Å². The highest BCUT2D eigenvalue weighted by molar-refractivity contribution is 6.42. The SMILES string of the molecule is CC[C@@H](Oc1ccc([C@H]2CCN(C)c3cc4c(cc3O2)CN(C(C)C)[C@H](C(=O)O)C4)cc1)c1ccc(Cl)c(Cl)c1. The van der Waals surface area contributed by atoms with E-state index in [9.17, 15) is 9.90 Å². The summed E-state index contributed by atoms with van der Waals surface area (Å²) in [6.45, 7) is 7.59. The molecule has 40 heavy (non-hydrogen) atoms. The van der Waals surface area contributed by atoms with E-state index in [0.29, 0.717) is 23.0 Å². The Morgan fingerprint density at radius 1 is 1.07 bits per heavy atom. The quantitative estimate of drug-likeness (QED) is 0.308. The van der Waals surface area contributed by atoms with Crippen LogP contribution in [0.3, 0.4) is 0 Å². The number of carbonyl (C=O) groups is 1. The second kappa shape index (κ2) is 11.9. The Morgan fingerprint density at radius 2 is 1.82 bits per heavy atom. The van der Waals surface area contributed by atoms with E-state index in [0.717, 1.165) is 58.8 Å². The molecule has 0 aliphatic carbocycles. The summed E-state index contributed by atoms with van der Waals surface area (Å²) in [7, 11) is 2.07. The van der Waals surface area contributed by atoms with Crippen LogP contribution in [0.5, 0.6) is 11.5 Å². The third kappa shape index (κ3) is 5.90. The lowest BCUT2D eigenvalue weighted by Gasteiger charge is -2.38. The topological polar surface area (TPSA) is 62.2 Å². The predicted molar refractivity (Wildman–Crippen MR) is 160 cm³/mol. The van der Waals surface area contributed by atoms with E-state index in [1.54, 1.807) is 6.07 Å². The van der Waals surface area contributed by atoms with Crippen molar-refractivity contribution in [1.29, 1.82) is 0 Å². The first kappa shape index (κ1) is 28.6. The van der Waals surface area contributed by atoms with Gasteiger partial charge < -0.3 is 19.5 Å². The van der Waals surface area contributed by atoms with Crippen LogP contribution in [0.1, 0.15) is 68.1 Å². The largest absolute Gasteiger partial charge is 0.486 e. The van der Waals surface area contributed by atoms with Crippen molar-refractivity contribution in [2.45, 2.75) is 70.9 Å². The minimum Gasteiger partial charge on any atom is -0.486 e. The number of hydrogen-bond donors (Lipinski definition) is 1. The van der Waals surface area contributed by atoms with Gasteiger partial charge in [-0.2, -0.15) is 0 Å². The van der Waals surface area contributed by atoms with Crippen molar-refractivity contribution in [1.82, 2.24) is 4.90 Å². The fraction of sp³-hybridized carbons (Fsp3) is 0.406. The summed E-state index contributed by atoms with van der Waals surface area (Å²) in [6.07, 6.45) is 1.88. The van der Waals surface area contributed by atoms with Crippen LogP contribution >= 0.6 is 23.2 Å². The van der Waals surface area contributed by atoms with E-state index >= 15 is 0 Å². The monoisotopic (exact) mass is 582 g/mol. The molecule has 5 rings (SSSR count). The van der Waals surface area contributed by atoms with Crippen molar-refractivity contribution in [2.24, 2.45) is 0 Å². The van der Waals surface area contributed by atoms with Crippen LogP contribution in [0, 0.1) is 0 Å². The highest BCUT2D eigenvalue weighted by Gasteiger charge is 2.34. The van der Waals surface area contributed by atoms with Crippen LogP contribution in [0.4, 0.5) is 5.69 Å². The molecule has 0 bridgehead atoms. The number of fused-ring (bicyclic) bond motifs is 2. The molecule has 212 valence electrons. The maximum absolute atomic E-state index is 12.0. The summed E-state index contributed by atoms with van der Waals surface area (Å²) >= 11 is 12.3. The smallest absolute Gasteiger partial charge is 0.321 e. The first-order valence-corrected chi connectivity index (χ1v) is 14.6. The molecule has 3 aromatic rings. The van der Waals surface area contributed by atoms with Gasteiger partial charge in [-0.3, -0.25) is 9.69 Å². The minimum absolute atomic E-state index is 0.107. The van der Waals surface area contributed by atoms with Gasteiger partial charge in [-0.25, -0.2) is 0 Å². The van der Waals surface area contributed by atoms with Crippen LogP contribution in [-0.4, -0.2) is 41.7 Å². The third-order valence-electron chi connectivity index (χ3n) is 8.02. The first-order valence-electron chi connectivity index (χ1n) is 13.9. The lowest BCUT2D eigenvalue weighted by molar-refractivity contribution is -0.144. The third-order valence-corrected chi connectivity index (χ3v) is 8.76. The van der Waals surface area contributed by atoms with Gasteiger partial charge in [0.25, 0.3) is 0 Å². The molecule has 3 aromatic carbocycles. The van der Waals surface area contributed by atoms with Gasteiger partial charge >= 0.3 is 5.97 Å². The Balaban J connectivity index is 1.35. The number of ether oxygens (including phenoxy) is 2. The van der Waals surface area contributed by atoms with Gasteiger partial charge in [0.2, 0.25) is 0 Å². The van der Waals surface area contributed by atoms with Gasteiger partial charge in [0.15, 0.2) is 0 Å². The number of anilines is 1. The number of benzene rings is 3. The number of nitrogens with zero attached hydrogens (tertiary/aromatic N) is 2. The molecule has 1 N–H and O–H groups in total. The second-order valence-corrected chi connectivity index (χ2v) is 11.8. The number of carboxylic acid groups (broad SMARTS) is 1. The van der Waals surface area contributed by atoms with Gasteiger partial charge in [0, 0.05) is 32.6 Å². The first-order chi connectivity index (χ1) is 19.1. The summed E-state index contributed by atoms with van der Waals surface area (Å²) in [5.74, 6) is 0.851. The molecule has 2 aliphatic rings. The van der Waals surface area contributed by atoms with Gasteiger partial charge in [-0.15, -0.1) is 0 Å². The highest BCUT2D eigenvalue weighted by Crippen LogP contribution is 2.41. The summed E-state index contributed by atoms with van der Waals surface area (Å²) in [5.41, 5.74) is 5.31. The number of carboxylic acids is 1. The predicted octanol–water partition coefficient (Wildman–Crippen LogP) is 7.70. The van der Waals surface area contributed by atoms with Crippen LogP contribution in [0.15, 0.2) is 54.6 Å². The van der Waals surface area contributed by atoms with E-state index in [4.69, 9.17) is 32.7 Å². The Bertz CT molecular complexity index is 1380. The number of aliphatic carboxylic acids is 1. The molecule has 0 amide bonds. The van der Waals surface area contributed by atoms with E-state index in [-0.39, 0.29) is 18.2 Å². The fourth-order valence-electron chi connectivity index (χ4n) is 5.69. The average Bonchev–Trinajstić information content (AvgIpc) is 3.09. The van der Waals surface area contributed by atoms with Crippen LogP contribution < -0.4 is 14.4 Å². The van der Waals surface area contributed by atoms with Crippen molar-refractivity contribution < 1.29 is 19.4 Å². The van der Waals surface area contributed by atoms with E-state index in [2.05, 4.69) is 48.0 Å². The lowest BCUT2D eigenvalue weighted by Crippen LogP contribution is -2.48. The van der Waals surface area contributed by atoms with Crippen LogP contribution in [0.2, 0.25) is 10.0 Å². The van der Waals surface area contributed by atoms with Crippen molar-refractivity contribution in [3.63, 3.8) is 0 Å². The normalized spacial score (nSPS) is 19.8. The molecule has 0 saturated carbocycles. The fourth-order valence-corrected chi connectivity index (χ4v) is 6.00. The minimum atomic E-state index is -0.770. The molecule has 2 aliphatic heterocycles. The summed E-state index contributed by atoms with van der Waals surface area (Å²) in [5, 5.41) is 10.9. The number of halogens is 2. The standard InChI is InChI=1S/C32H36Cl2N2O4/c1-5-29(21-8-11-25(33)26(34)14-21)39-24-9-6-20(7-10-24)30-12-13-35(4)27-15-22-16-28(32(37)38)36(19(2)3)18-23(22)17-31(27)40-30/h6-11,14-15,17,19,28-30H,5,12-13,16,18H2,1-4H3,(H,37,38)/t28-,29+,30+/m0/s1. The Morgan fingerprint density at radius 3 is 2.48 bits per heavy atom. The Hall–Kier alpha value is -2.93. The van der Waals surface area contributed by atoms with Crippen LogP contribution in [0.25, 0.3) is 0 Å². The lowest BCUT2D eigenvalue weighted by atomic mass is 9.92. The highest BCUT2D eigenvalue weighted by atomic mass is 35.5. The molecule has 0 spiro atoms. The van der Waals surface area contributed by atoms with E-state index in [1.165, 1.54) is 0 Å². The van der Waals surface area contributed by atoms with Gasteiger partial charge in [0.05, 0.1) is 15.7 Å². The molecule has 0 saturated heterocycles. The average molecular weight is 584 g/mol. The maximum Gasteiger partial charge on any atom is 0.321 e. The zero-order chi connectivity index (χ0) is 28.6. The van der Waals surface area contributed by atoms with Crippen molar-refractivity contribution in [3.05, 3.63) is 86.9 Å². The van der Waals surface area contributed by atoms with Gasteiger partial charge in [0.1, 0.15) is 29.7 Å². The zero-order valence-corrected chi connectivity index (χ0v) is 24.9. The maximum atomic E-state index is 12.0. The molecular formula is C32H36Cl2N2O4. The molecule has 2 heterocycles.